The Kier molecular flexibility index (Phi) is 8.15. The number of hydrogen-bond acceptors (Lipinski definition) is 4. The van der Waals surface area contributed by atoms with E-state index >= 15 is 0 Å². The number of fused-ring (bicyclic) bond motifs is 1. The molecule has 0 fully saturated rings. The molecule has 0 bridgehead atoms. The van der Waals surface area contributed by atoms with Crippen LogP contribution in [0.3, 0.4) is 0 Å². The number of carboxylic acids is 1. The molecule has 0 spiro atoms. The molecule has 0 unspecified atom stereocenters. The molecule has 1 atom stereocenters. The molecule has 1 aromatic heterocycles. The van der Waals surface area contributed by atoms with Gasteiger partial charge in [-0.05, 0) is 52.4 Å². The molecule has 5 aromatic carbocycles. The van der Waals surface area contributed by atoms with Crippen LogP contribution in [0.4, 0.5) is 0 Å². The van der Waals surface area contributed by atoms with Gasteiger partial charge in [0.25, 0.3) is 0 Å². The molecule has 44 heavy (non-hydrogen) atoms. The van der Waals surface area contributed by atoms with E-state index in [0.717, 1.165) is 48.9 Å². The van der Waals surface area contributed by atoms with Crippen molar-refractivity contribution in [3.05, 3.63) is 150 Å². The smallest absolute Gasteiger partial charge is 0.322 e. The van der Waals surface area contributed by atoms with Crippen molar-refractivity contribution in [2.45, 2.75) is 23.8 Å². The van der Waals surface area contributed by atoms with Crippen molar-refractivity contribution in [1.29, 1.82) is 0 Å². The van der Waals surface area contributed by atoms with Gasteiger partial charge in [0.2, 0.25) is 10.0 Å². The molecule has 0 aliphatic heterocycles. The largest absolute Gasteiger partial charge is 0.480 e. The topological polar surface area (TPSA) is 87.8 Å². The van der Waals surface area contributed by atoms with Crippen LogP contribution in [-0.4, -0.2) is 36.9 Å². The Labute approximate surface area is 256 Å². The molecule has 0 radical (unpaired) electrons. The highest BCUT2D eigenvalue weighted by atomic mass is 32.2. The van der Waals surface area contributed by atoms with Crippen molar-refractivity contribution >= 4 is 27.0 Å². The third-order valence-corrected chi connectivity index (χ3v) is 9.79. The number of sulfonamides is 1. The van der Waals surface area contributed by atoms with E-state index in [0.29, 0.717) is 6.42 Å². The summed E-state index contributed by atoms with van der Waals surface area (Å²) in [5, 5.41) is 10.9. The Hall–Kier alpha value is -4.98. The van der Waals surface area contributed by atoms with Gasteiger partial charge in [-0.15, -0.1) is 0 Å². The van der Waals surface area contributed by atoms with E-state index in [1.54, 1.807) is 36.4 Å². The Morgan fingerprint density at radius 3 is 1.84 bits per heavy atom. The number of benzene rings is 5. The molecule has 1 heterocycles. The number of aliphatic carboxylic acids is 1. The normalized spacial score (nSPS) is 12.4. The van der Waals surface area contributed by atoms with Crippen molar-refractivity contribution < 1.29 is 22.7 Å². The summed E-state index contributed by atoms with van der Waals surface area (Å²) in [7, 11) is -2.73. The number of rotatable bonds is 10. The first-order valence-corrected chi connectivity index (χ1v) is 15.8. The lowest BCUT2D eigenvalue weighted by atomic mass is 9.96. The van der Waals surface area contributed by atoms with Gasteiger partial charge in [-0.1, -0.05) is 115 Å². The van der Waals surface area contributed by atoms with E-state index < -0.39 is 22.0 Å². The zero-order chi connectivity index (χ0) is 30.7. The third-order valence-electron chi connectivity index (χ3n) is 7.91. The summed E-state index contributed by atoms with van der Waals surface area (Å²) in [4.78, 5) is 12.1. The quantitative estimate of drug-likeness (QED) is 0.174. The maximum atomic E-state index is 13.4. The van der Waals surface area contributed by atoms with Gasteiger partial charge in [-0.3, -0.25) is 4.79 Å². The van der Waals surface area contributed by atoms with Gasteiger partial charge in [0.15, 0.2) is 0 Å². The first-order chi connectivity index (χ1) is 21.3. The maximum absolute atomic E-state index is 13.4. The van der Waals surface area contributed by atoms with E-state index in [4.69, 9.17) is 4.42 Å². The average Bonchev–Trinajstić information content (AvgIpc) is 3.42. The number of para-hydroxylation sites is 1. The van der Waals surface area contributed by atoms with Gasteiger partial charge in [0.1, 0.15) is 17.4 Å². The fourth-order valence-electron chi connectivity index (χ4n) is 5.51. The summed E-state index contributed by atoms with van der Waals surface area (Å²) in [5.74, 6) is -0.301. The highest BCUT2D eigenvalue weighted by Gasteiger charge is 2.33. The van der Waals surface area contributed by atoms with Crippen LogP contribution in [0.5, 0.6) is 0 Å². The second-order valence-corrected chi connectivity index (χ2v) is 12.7. The van der Waals surface area contributed by atoms with Crippen LogP contribution >= 0.6 is 0 Å². The zero-order valence-electron chi connectivity index (χ0n) is 24.1. The lowest BCUT2D eigenvalue weighted by Crippen LogP contribution is -2.43. The highest BCUT2D eigenvalue weighted by molar-refractivity contribution is 7.89. The SMILES string of the molecule is CN([C@@H](Cc1ccccc1)C(=O)O)S(=O)(=O)c1ccc(-c2ccc(-c3c(Cc4ccccc4)oc4ccccc34)cc2)cc1. The predicted octanol–water partition coefficient (Wildman–Crippen LogP) is 7.67. The van der Waals surface area contributed by atoms with Gasteiger partial charge in [0.05, 0.1) is 4.90 Å². The number of furan rings is 1. The van der Waals surface area contributed by atoms with Gasteiger partial charge < -0.3 is 9.52 Å². The van der Waals surface area contributed by atoms with Crippen LogP contribution < -0.4 is 0 Å². The number of carbonyl (C=O) groups is 1. The third kappa shape index (κ3) is 5.93. The van der Waals surface area contributed by atoms with Gasteiger partial charge in [-0.25, -0.2) is 8.42 Å². The molecule has 1 N–H and O–H groups in total. The molecule has 7 heteroatoms. The minimum Gasteiger partial charge on any atom is -0.480 e. The molecule has 220 valence electrons. The molecule has 6 aromatic rings. The summed E-state index contributed by atoms with van der Waals surface area (Å²) in [5.41, 5.74) is 6.62. The fourth-order valence-corrected chi connectivity index (χ4v) is 6.82. The van der Waals surface area contributed by atoms with E-state index in [-0.39, 0.29) is 11.3 Å². The van der Waals surface area contributed by atoms with Crippen molar-refractivity contribution in [3.63, 3.8) is 0 Å². The predicted molar refractivity (Wildman–Crippen MR) is 173 cm³/mol. The van der Waals surface area contributed by atoms with Crippen molar-refractivity contribution in [3.8, 4) is 22.3 Å². The average molecular weight is 602 g/mol. The second kappa shape index (κ2) is 12.3. The number of likely N-dealkylation sites (N-methyl/N-ethyl adjacent to an activating group) is 1. The maximum Gasteiger partial charge on any atom is 0.322 e. The molecular weight excluding hydrogens is 570 g/mol. The summed E-state index contributed by atoms with van der Waals surface area (Å²) in [6.07, 6.45) is 0.737. The van der Waals surface area contributed by atoms with Crippen LogP contribution in [-0.2, 0) is 27.7 Å². The Bertz CT molecular complexity index is 2000. The van der Waals surface area contributed by atoms with E-state index in [1.807, 2.05) is 54.6 Å². The van der Waals surface area contributed by atoms with Gasteiger partial charge in [0, 0.05) is 24.4 Å². The summed E-state index contributed by atoms with van der Waals surface area (Å²) >= 11 is 0. The van der Waals surface area contributed by atoms with Crippen LogP contribution in [0.2, 0.25) is 0 Å². The van der Waals surface area contributed by atoms with E-state index in [2.05, 4.69) is 30.3 Å². The summed E-state index contributed by atoms with van der Waals surface area (Å²) in [6.45, 7) is 0. The fraction of sp³-hybridized carbons (Fsp3) is 0.108. The first-order valence-electron chi connectivity index (χ1n) is 14.3. The van der Waals surface area contributed by atoms with Crippen LogP contribution in [0, 0.1) is 0 Å². The van der Waals surface area contributed by atoms with Crippen molar-refractivity contribution in [2.24, 2.45) is 0 Å². The van der Waals surface area contributed by atoms with E-state index in [1.165, 1.54) is 24.7 Å². The van der Waals surface area contributed by atoms with Crippen LogP contribution in [0.1, 0.15) is 16.9 Å². The molecular formula is C37H31NO5S. The summed E-state index contributed by atoms with van der Waals surface area (Å²) in [6, 6.07) is 40.7. The molecule has 0 saturated carbocycles. The molecule has 0 amide bonds. The molecule has 6 rings (SSSR count). The standard InChI is InChI=1S/C37H31NO5S/c1-38(33(37(39)40)24-26-10-4-2-5-11-26)44(41,42)31-22-20-29(21-23-31)28-16-18-30(19-17-28)36-32-14-8-9-15-34(32)43-35(36)25-27-12-6-3-7-13-27/h2-23,33H,24-25H2,1H3,(H,39,40)/t33-/m0/s1. The van der Waals surface area contributed by atoms with Crippen molar-refractivity contribution in [2.75, 3.05) is 7.05 Å². The second-order valence-electron chi connectivity index (χ2n) is 10.7. The van der Waals surface area contributed by atoms with Crippen LogP contribution in [0.15, 0.2) is 143 Å². The molecule has 0 aliphatic carbocycles. The minimum absolute atomic E-state index is 0.0371. The Balaban J connectivity index is 1.25. The lowest BCUT2D eigenvalue weighted by molar-refractivity contribution is -0.141. The number of carboxylic acid groups (broad SMARTS) is 1. The molecule has 0 saturated heterocycles. The van der Waals surface area contributed by atoms with E-state index in [9.17, 15) is 18.3 Å². The lowest BCUT2D eigenvalue weighted by Gasteiger charge is -2.24. The first kappa shape index (κ1) is 29.1. The van der Waals surface area contributed by atoms with Gasteiger partial charge in [-0.2, -0.15) is 4.31 Å². The zero-order valence-corrected chi connectivity index (χ0v) is 24.9. The number of hydrogen-bond donors (Lipinski definition) is 1. The monoisotopic (exact) mass is 601 g/mol. The van der Waals surface area contributed by atoms with Crippen LogP contribution in [0.25, 0.3) is 33.2 Å². The Morgan fingerprint density at radius 2 is 1.23 bits per heavy atom. The molecule has 6 nitrogen and oxygen atoms in total. The van der Waals surface area contributed by atoms with Gasteiger partial charge >= 0.3 is 5.97 Å². The summed E-state index contributed by atoms with van der Waals surface area (Å²) < 4.78 is 34.1. The molecule has 0 aliphatic rings. The number of nitrogens with zero attached hydrogens (tertiary/aromatic N) is 1. The minimum atomic E-state index is -4.05. The Morgan fingerprint density at radius 1 is 0.705 bits per heavy atom. The highest BCUT2D eigenvalue weighted by Crippen LogP contribution is 2.37. The van der Waals surface area contributed by atoms with Crippen molar-refractivity contribution in [1.82, 2.24) is 4.31 Å².